The fourth-order valence-electron chi connectivity index (χ4n) is 2.50. The van der Waals surface area contributed by atoms with Crippen molar-refractivity contribution in [1.82, 2.24) is 0 Å². The van der Waals surface area contributed by atoms with E-state index < -0.39 is 6.10 Å². The van der Waals surface area contributed by atoms with Crippen molar-refractivity contribution >= 4 is 11.6 Å². The molecule has 1 fully saturated rings. The topological polar surface area (TPSA) is 55.5 Å². The standard InChI is InChI=1S/C14H20ClNO2/c1-10-2-3-11(8-12(10)15)13(17)14(9-16)4-6-18-7-5-14/h2-3,8,13,17H,4-7,9,16H2,1H3. The quantitative estimate of drug-likeness (QED) is 0.886. The molecule has 1 aliphatic rings. The van der Waals surface area contributed by atoms with Crippen LogP contribution in [-0.4, -0.2) is 24.9 Å². The van der Waals surface area contributed by atoms with Crippen LogP contribution in [0.5, 0.6) is 0 Å². The minimum atomic E-state index is -0.579. The minimum Gasteiger partial charge on any atom is -0.388 e. The molecule has 1 aromatic carbocycles. The highest BCUT2D eigenvalue weighted by Gasteiger charge is 2.39. The summed E-state index contributed by atoms with van der Waals surface area (Å²) in [7, 11) is 0. The molecule has 100 valence electrons. The molecule has 1 aliphatic heterocycles. The van der Waals surface area contributed by atoms with E-state index in [1.54, 1.807) is 0 Å². The molecule has 3 N–H and O–H groups in total. The highest BCUT2D eigenvalue weighted by atomic mass is 35.5. The molecule has 1 unspecified atom stereocenters. The number of aliphatic hydroxyl groups is 1. The SMILES string of the molecule is Cc1ccc(C(O)C2(CN)CCOCC2)cc1Cl. The highest BCUT2D eigenvalue weighted by molar-refractivity contribution is 6.31. The van der Waals surface area contributed by atoms with Crippen molar-refractivity contribution in [3.63, 3.8) is 0 Å². The lowest BCUT2D eigenvalue weighted by atomic mass is 9.73. The van der Waals surface area contributed by atoms with Gasteiger partial charge in [-0.1, -0.05) is 23.7 Å². The Morgan fingerprint density at radius 3 is 2.67 bits per heavy atom. The number of aliphatic hydroxyl groups excluding tert-OH is 1. The molecule has 0 radical (unpaired) electrons. The summed E-state index contributed by atoms with van der Waals surface area (Å²) >= 11 is 6.12. The van der Waals surface area contributed by atoms with Gasteiger partial charge in [-0.15, -0.1) is 0 Å². The van der Waals surface area contributed by atoms with E-state index >= 15 is 0 Å². The molecule has 0 aliphatic carbocycles. The monoisotopic (exact) mass is 269 g/mol. The molecule has 0 saturated carbocycles. The molecule has 1 heterocycles. The maximum atomic E-state index is 10.6. The predicted molar refractivity (Wildman–Crippen MR) is 72.7 cm³/mol. The first kappa shape index (κ1) is 13.8. The van der Waals surface area contributed by atoms with Gasteiger partial charge in [-0.25, -0.2) is 0 Å². The molecule has 1 saturated heterocycles. The third-order valence-corrected chi connectivity index (χ3v) is 4.39. The largest absolute Gasteiger partial charge is 0.388 e. The van der Waals surface area contributed by atoms with Crippen molar-refractivity contribution in [2.45, 2.75) is 25.9 Å². The maximum Gasteiger partial charge on any atom is 0.0860 e. The zero-order chi connectivity index (χ0) is 13.2. The second-order valence-electron chi connectivity index (χ2n) is 5.09. The first-order chi connectivity index (χ1) is 8.59. The van der Waals surface area contributed by atoms with Crippen molar-refractivity contribution < 1.29 is 9.84 Å². The Labute approximate surface area is 113 Å². The van der Waals surface area contributed by atoms with Crippen LogP contribution in [0.2, 0.25) is 5.02 Å². The number of nitrogens with two attached hydrogens (primary N) is 1. The van der Waals surface area contributed by atoms with Crippen molar-refractivity contribution in [1.29, 1.82) is 0 Å². The van der Waals surface area contributed by atoms with Crippen molar-refractivity contribution in [3.8, 4) is 0 Å². The summed E-state index contributed by atoms with van der Waals surface area (Å²) in [5.74, 6) is 0. The van der Waals surface area contributed by atoms with Gasteiger partial charge >= 0.3 is 0 Å². The van der Waals surface area contributed by atoms with Gasteiger partial charge in [0, 0.05) is 30.2 Å². The molecule has 1 atom stereocenters. The summed E-state index contributed by atoms with van der Waals surface area (Å²) in [5, 5.41) is 11.3. The molecule has 0 spiro atoms. The molecule has 0 bridgehead atoms. The Hall–Kier alpha value is -0.610. The summed E-state index contributed by atoms with van der Waals surface area (Å²) < 4.78 is 5.36. The lowest BCUT2D eigenvalue weighted by molar-refractivity contribution is -0.0581. The molecular weight excluding hydrogens is 250 g/mol. The number of hydrogen-bond donors (Lipinski definition) is 2. The second kappa shape index (κ2) is 5.57. The van der Waals surface area contributed by atoms with Gasteiger partial charge in [0.1, 0.15) is 0 Å². The molecule has 0 amide bonds. The van der Waals surface area contributed by atoms with E-state index in [0.29, 0.717) is 24.8 Å². The van der Waals surface area contributed by atoms with Crippen LogP contribution in [0, 0.1) is 12.3 Å². The summed E-state index contributed by atoms with van der Waals surface area (Å²) in [5.41, 5.74) is 7.48. The van der Waals surface area contributed by atoms with Crippen LogP contribution < -0.4 is 5.73 Å². The molecule has 4 heteroatoms. The molecular formula is C14H20ClNO2. The van der Waals surface area contributed by atoms with Crippen LogP contribution in [0.25, 0.3) is 0 Å². The number of benzene rings is 1. The van der Waals surface area contributed by atoms with E-state index in [9.17, 15) is 5.11 Å². The number of ether oxygens (including phenoxy) is 1. The first-order valence-corrected chi connectivity index (χ1v) is 6.69. The van der Waals surface area contributed by atoms with Crippen LogP contribution in [0.15, 0.2) is 18.2 Å². The van der Waals surface area contributed by atoms with Gasteiger partial charge in [-0.2, -0.15) is 0 Å². The van der Waals surface area contributed by atoms with Gasteiger partial charge in [0.25, 0.3) is 0 Å². The Bertz CT molecular complexity index is 416. The molecule has 18 heavy (non-hydrogen) atoms. The molecule has 3 nitrogen and oxygen atoms in total. The van der Waals surface area contributed by atoms with Crippen LogP contribution in [0.3, 0.4) is 0 Å². The Morgan fingerprint density at radius 1 is 1.44 bits per heavy atom. The third-order valence-electron chi connectivity index (χ3n) is 3.99. The number of halogens is 1. The van der Waals surface area contributed by atoms with Crippen molar-refractivity contribution in [2.24, 2.45) is 11.1 Å². The zero-order valence-electron chi connectivity index (χ0n) is 10.7. The zero-order valence-corrected chi connectivity index (χ0v) is 11.4. The van der Waals surface area contributed by atoms with Crippen LogP contribution in [0.1, 0.15) is 30.1 Å². The maximum absolute atomic E-state index is 10.6. The lowest BCUT2D eigenvalue weighted by Gasteiger charge is -2.40. The Morgan fingerprint density at radius 2 is 2.11 bits per heavy atom. The van der Waals surface area contributed by atoms with Crippen molar-refractivity contribution in [2.75, 3.05) is 19.8 Å². The van der Waals surface area contributed by atoms with Gasteiger partial charge in [-0.05, 0) is 37.0 Å². The average molecular weight is 270 g/mol. The van der Waals surface area contributed by atoms with Crippen LogP contribution in [0.4, 0.5) is 0 Å². The van der Waals surface area contributed by atoms with Gasteiger partial charge in [0.15, 0.2) is 0 Å². The van der Waals surface area contributed by atoms with Gasteiger partial charge in [-0.3, -0.25) is 0 Å². The predicted octanol–water partition coefficient (Wildman–Crippen LogP) is 2.44. The van der Waals surface area contributed by atoms with E-state index in [-0.39, 0.29) is 5.41 Å². The van der Waals surface area contributed by atoms with Crippen molar-refractivity contribution in [3.05, 3.63) is 34.3 Å². The van der Waals surface area contributed by atoms with E-state index in [1.807, 2.05) is 25.1 Å². The molecule has 1 aromatic rings. The van der Waals surface area contributed by atoms with E-state index in [1.165, 1.54) is 0 Å². The number of aryl methyl sites for hydroxylation is 1. The fraction of sp³-hybridized carbons (Fsp3) is 0.571. The Balaban J connectivity index is 2.27. The van der Waals surface area contributed by atoms with Gasteiger partial charge in [0.05, 0.1) is 6.10 Å². The third kappa shape index (κ3) is 2.54. The average Bonchev–Trinajstić information content (AvgIpc) is 2.42. The van der Waals surface area contributed by atoms with E-state index in [2.05, 4.69) is 0 Å². The van der Waals surface area contributed by atoms with E-state index in [4.69, 9.17) is 22.1 Å². The summed E-state index contributed by atoms with van der Waals surface area (Å²) in [6, 6.07) is 5.71. The van der Waals surface area contributed by atoms with Crippen LogP contribution in [-0.2, 0) is 4.74 Å². The summed E-state index contributed by atoms with van der Waals surface area (Å²) in [6.45, 7) is 3.73. The van der Waals surface area contributed by atoms with E-state index in [0.717, 1.165) is 24.0 Å². The number of hydrogen-bond acceptors (Lipinski definition) is 3. The smallest absolute Gasteiger partial charge is 0.0860 e. The summed E-state index contributed by atoms with van der Waals surface area (Å²) in [4.78, 5) is 0. The second-order valence-corrected chi connectivity index (χ2v) is 5.50. The Kier molecular flexibility index (Phi) is 4.28. The van der Waals surface area contributed by atoms with Gasteiger partial charge < -0.3 is 15.6 Å². The summed E-state index contributed by atoms with van der Waals surface area (Å²) in [6.07, 6.45) is 0.997. The molecule has 0 aromatic heterocycles. The lowest BCUT2D eigenvalue weighted by Crippen LogP contribution is -2.41. The normalized spacial score (nSPS) is 20.7. The highest BCUT2D eigenvalue weighted by Crippen LogP contribution is 2.42. The van der Waals surface area contributed by atoms with Gasteiger partial charge in [0.2, 0.25) is 0 Å². The fourth-order valence-corrected chi connectivity index (χ4v) is 2.69. The minimum absolute atomic E-state index is 0.281. The first-order valence-electron chi connectivity index (χ1n) is 6.31. The number of rotatable bonds is 3. The molecule has 2 rings (SSSR count). The van der Waals surface area contributed by atoms with Crippen LogP contribution >= 0.6 is 11.6 Å².